The van der Waals surface area contributed by atoms with Gasteiger partial charge in [-0.25, -0.2) is 4.99 Å². The van der Waals surface area contributed by atoms with Gasteiger partial charge in [-0.05, 0) is 42.4 Å². The Morgan fingerprint density at radius 2 is 1.55 bits per heavy atom. The van der Waals surface area contributed by atoms with Crippen molar-refractivity contribution in [2.75, 3.05) is 7.11 Å². The molecule has 29 heavy (non-hydrogen) atoms. The summed E-state index contributed by atoms with van der Waals surface area (Å²) in [7, 11) is 1.46. The number of hydrogen-bond acceptors (Lipinski definition) is 3. The van der Waals surface area contributed by atoms with Crippen LogP contribution in [0, 0.1) is 5.92 Å². The van der Waals surface area contributed by atoms with Crippen molar-refractivity contribution >= 4 is 17.4 Å². The number of hydrogen-bond donors (Lipinski definition) is 0. The van der Waals surface area contributed by atoms with Gasteiger partial charge in [0.05, 0.1) is 24.9 Å². The molecule has 1 aliphatic rings. The van der Waals surface area contributed by atoms with E-state index in [1.807, 2.05) is 48.5 Å². The summed E-state index contributed by atoms with van der Waals surface area (Å²) in [6, 6.07) is 28.8. The molecule has 1 fully saturated rings. The lowest BCUT2D eigenvalue weighted by Gasteiger charge is -2.16. The smallest absolute Gasteiger partial charge is 0.306 e. The second kappa shape index (κ2) is 8.87. The van der Waals surface area contributed by atoms with Crippen LogP contribution in [0.15, 0.2) is 89.9 Å². The molecule has 0 spiro atoms. The Morgan fingerprint density at radius 3 is 2.10 bits per heavy atom. The van der Waals surface area contributed by atoms with Gasteiger partial charge < -0.3 is 4.74 Å². The van der Waals surface area contributed by atoms with Crippen LogP contribution in [0.4, 0.5) is 5.69 Å². The molecular weight excluding hydrogens is 358 g/mol. The summed E-state index contributed by atoms with van der Waals surface area (Å²) in [5.74, 6) is 0.621. The summed E-state index contributed by atoms with van der Waals surface area (Å²) in [4.78, 5) is 16.9. The summed E-state index contributed by atoms with van der Waals surface area (Å²) >= 11 is 0. The highest BCUT2D eigenvalue weighted by Crippen LogP contribution is 2.45. The minimum atomic E-state index is -0.148. The third-order valence-corrected chi connectivity index (χ3v) is 5.44. The van der Waals surface area contributed by atoms with Gasteiger partial charge in [-0.3, -0.25) is 4.79 Å². The van der Waals surface area contributed by atoms with Crippen LogP contribution < -0.4 is 0 Å². The molecule has 3 nitrogen and oxygen atoms in total. The van der Waals surface area contributed by atoms with Crippen LogP contribution in [0.1, 0.15) is 41.9 Å². The fourth-order valence-electron chi connectivity index (χ4n) is 3.76. The van der Waals surface area contributed by atoms with E-state index >= 15 is 0 Å². The van der Waals surface area contributed by atoms with E-state index in [2.05, 4.69) is 36.4 Å². The molecule has 0 aromatic heterocycles. The van der Waals surface area contributed by atoms with Crippen LogP contribution in [0.3, 0.4) is 0 Å². The molecule has 0 radical (unpaired) electrons. The van der Waals surface area contributed by atoms with E-state index in [0.29, 0.717) is 12.3 Å². The van der Waals surface area contributed by atoms with E-state index in [-0.39, 0.29) is 11.9 Å². The molecule has 0 aliphatic heterocycles. The highest BCUT2D eigenvalue weighted by atomic mass is 16.5. The number of aliphatic imine (C=N–C) groups is 1. The predicted octanol–water partition coefficient (Wildman–Crippen LogP) is 5.91. The Morgan fingerprint density at radius 1 is 0.931 bits per heavy atom. The topological polar surface area (TPSA) is 38.7 Å². The molecule has 0 amide bonds. The maximum absolute atomic E-state index is 11.9. The van der Waals surface area contributed by atoms with Gasteiger partial charge in [-0.15, -0.1) is 0 Å². The number of esters is 1. The van der Waals surface area contributed by atoms with Crippen molar-refractivity contribution in [2.24, 2.45) is 10.9 Å². The largest absolute Gasteiger partial charge is 0.469 e. The Kier molecular flexibility index (Phi) is 5.85. The van der Waals surface area contributed by atoms with Crippen LogP contribution >= 0.6 is 0 Å². The Bertz CT molecular complexity index is 950. The zero-order chi connectivity index (χ0) is 20.1. The molecule has 3 heteroatoms. The Hall–Kier alpha value is -3.20. The van der Waals surface area contributed by atoms with Crippen LogP contribution in [-0.4, -0.2) is 18.8 Å². The second-order valence-electron chi connectivity index (χ2n) is 7.51. The number of carbonyl (C=O) groups excluding carboxylic acids is 1. The molecule has 0 bridgehead atoms. The standard InChI is InChI=1S/C26H25NO2/c1-29-25(28)18-24(19-15-16-19)22-13-8-14-23(17-22)27-26(20-9-4-2-5-10-20)21-11-6-3-7-12-21/h2-14,17,19,24H,15-16,18H2,1H3/t24-/m0/s1. The Balaban J connectivity index is 1.72. The lowest BCUT2D eigenvalue weighted by atomic mass is 9.90. The number of rotatable bonds is 7. The van der Waals surface area contributed by atoms with Crippen molar-refractivity contribution in [3.8, 4) is 0 Å². The fraction of sp³-hybridized carbons (Fsp3) is 0.231. The van der Waals surface area contributed by atoms with Gasteiger partial charge in [0.2, 0.25) is 0 Å². The molecule has 0 saturated heterocycles. The number of methoxy groups -OCH3 is 1. The van der Waals surface area contributed by atoms with E-state index in [1.165, 1.54) is 25.5 Å². The fourth-order valence-corrected chi connectivity index (χ4v) is 3.76. The van der Waals surface area contributed by atoms with Crippen LogP contribution in [-0.2, 0) is 9.53 Å². The molecule has 1 saturated carbocycles. The molecule has 4 rings (SSSR count). The van der Waals surface area contributed by atoms with Crippen molar-refractivity contribution in [1.29, 1.82) is 0 Å². The average Bonchev–Trinajstić information content (AvgIpc) is 3.62. The summed E-state index contributed by atoms with van der Waals surface area (Å²) in [6.07, 6.45) is 2.78. The quantitative estimate of drug-likeness (QED) is 0.376. The first-order valence-electron chi connectivity index (χ1n) is 10.1. The van der Waals surface area contributed by atoms with E-state index in [9.17, 15) is 4.79 Å². The van der Waals surface area contributed by atoms with Crippen LogP contribution in [0.25, 0.3) is 0 Å². The van der Waals surface area contributed by atoms with Crippen LogP contribution in [0.2, 0.25) is 0 Å². The van der Waals surface area contributed by atoms with E-state index < -0.39 is 0 Å². The molecule has 3 aromatic rings. The maximum Gasteiger partial charge on any atom is 0.306 e. The van der Waals surface area contributed by atoms with E-state index in [1.54, 1.807) is 0 Å². The molecule has 1 atom stereocenters. The third kappa shape index (κ3) is 4.80. The first-order chi connectivity index (χ1) is 14.2. The number of ether oxygens (including phenoxy) is 1. The summed E-state index contributed by atoms with van der Waals surface area (Å²) in [5, 5.41) is 0. The van der Waals surface area contributed by atoms with Gasteiger partial charge in [0.15, 0.2) is 0 Å². The predicted molar refractivity (Wildman–Crippen MR) is 117 cm³/mol. The Labute approximate surface area is 172 Å². The lowest BCUT2D eigenvalue weighted by molar-refractivity contribution is -0.141. The minimum Gasteiger partial charge on any atom is -0.469 e. The zero-order valence-electron chi connectivity index (χ0n) is 16.6. The van der Waals surface area contributed by atoms with Crippen molar-refractivity contribution in [3.63, 3.8) is 0 Å². The second-order valence-corrected chi connectivity index (χ2v) is 7.51. The lowest BCUT2D eigenvalue weighted by Crippen LogP contribution is -2.10. The highest BCUT2D eigenvalue weighted by molar-refractivity contribution is 6.13. The first kappa shape index (κ1) is 19.1. The van der Waals surface area contributed by atoms with Gasteiger partial charge in [0.1, 0.15) is 0 Å². The maximum atomic E-state index is 11.9. The summed E-state index contributed by atoms with van der Waals surface area (Å²) in [5.41, 5.74) is 5.18. The molecular formula is C26H25NO2. The van der Waals surface area contributed by atoms with Crippen LogP contribution in [0.5, 0.6) is 0 Å². The van der Waals surface area contributed by atoms with Crippen molar-refractivity contribution in [2.45, 2.75) is 25.2 Å². The van der Waals surface area contributed by atoms with Gasteiger partial charge in [-0.1, -0.05) is 72.8 Å². The molecule has 0 N–H and O–H groups in total. The molecule has 3 aromatic carbocycles. The molecule has 0 unspecified atom stereocenters. The highest BCUT2D eigenvalue weighted by Gasteiger charge is 2.34. The summed E-state index contributed by atoms with van der Waals surface area (Å²) in [6.45, 7) is 0. The number of nitrogens with zero attached hydrogens (tertiary/aromatic N) is 1. The SMILES string of the molecule is COC(=O)C[C@H](c1cccc(N=C(c2ccccc2)c2ccccc2)c1)C1CC1. The van der Waals surface area contributed by atoms with E-state index in [4.69, 9.17) is 9.73 Å². The minimum absolute atomic E-state index is 0.148. The average molecular weight is 383 g/mol. The van der Waals surface area contributed by atoms with Gasteiger partial charge in [-0.2, -0.15) is 0 Å². The van der Waals surface area contributed by atoms with Gasteiger partial charge in [0.25, 0.3) is 0 Å². The normalized spacial score (nSPS) is 14.1. The van der Waals surface area contributed by atoms with Gasteiger partial charge in [0, 0.05) is 11.1 Å². The number of carbonyl (C=O) groups is 1. The molecule has 0 heterocycles. The zero-order valence-corrected chi connectivity index (χ0v) is 16.6. The molecule has 146 valence electrons. The molecule has 1 aliphatic carbocycles. The first-order valence-corrected chi connectivity index (χ1v) is 10.1. The third-order valence-electron chi connectivity index (χ3n) is 5.44. The van der Waals surface area contributed by atoms with Crippen molar-refractivity contribution in [1.82, 2.24) is 0 Å². The van der Waals surface area contributed by atoms with E-state index in [0.717, 1.165) is 22.5 Å². The van der Waals surface area contributed by atoms with Gasteiger partial charge >= 0.3 is 5.97 Å². The van der Waals surface area contributed by atoms with Crippen molar-refractivity contribution < 1.29 is 9.53 Å². The van der Waals surface area contributed by atoms with Crippen molar-refractivity contribution in [3.05, 3.63) is 102 Å². The summed E-state index contributed by atoms with van der Waals surface area (Å²) < 4.78 is 4.92. The number of benzene rings is 3. The monoisotopic (exact) mass is 383 g/mol.